The molecule has 1 aromatic heterocycles. The van der Waals surface area contributed by atoms with Crippen molar-refractivity contribution in [3.8, 4) is 11.3 Å². The molecule has 2 amide bonds. The molecule has 0 saturated carbocycles. The molecule has 4 aromatic rings. The van der Waals surface area contributed by atoms with Gasteiger partial charge in [0.05, 0.1) is 12.1 Å². The number of amides is 2. The fourth-order valence-corrected chi connectivity index (χ4v) is 4.28. The third-order valence-corrected chi connectivity index (χ3v) is 6.00. The number of benzene rings is 3. The SMILES string of the molecule is O=C(Nc1cccc(C(=O)N2CCCC2)c1)c1cn(Cc2ccccc2)nc1-c1ccccc1. The summed E-state index contributed by atoms with van der Waals surface area (Å²) in [6.45, 7) is 2.14. The maximum absolute atomic E-state index is 13.4. The molecule has 1 saturated heterocycles. The first kappa shape index (κ1) is 21.6. The van der Waals surface area contributed by atoms with Gasteiger partial charge < -0.3 is 10.2 Å². The van der Waals surface area contributed by atoms with Gasteiger partial charge >= 0.3 is 0 Å². The van der Waals surface area contributed by atoms with Crippen LogP contribution in [0.15, 0.2) is 91.1 Å². The monoisotopic (exact) mass is 450 g/mol. The second kappa shape index (κ2) is 9.75. The molecule has 170 valence electrons. The summed E-state index contributed by atoms with van der Waals surface area (Å²) in [6.07, 6.45) is 3.86. The van der Waals surface area contributed by atoms with E-state index in [0.717, 1.165) is 37.1 Å². The highest BCUT2D eigenvalue weighted by Gasteiger charge is 2.21. The standard InChI is InChI=1S/C28H26N4O2/c33-27(29-24-15-9-14-23(18-24)28(34)31-16-7-8-17-31)25-20-32(19-21-10-3-1-4-11-21)30-26(25)22-12-5-2-6-13-22/h1-6,9-15,18,20H,7-8,16-17,19H2,(H,29,33). The minimum absolute atomic E-state index is 0.00857. The van der Waals surface area contributed by atoms with Crippen molar-refractivity contribution in [2.45, 2.75) is 19.4 Å². The molecule has 0 atom stereocenters. The molecular formula is C28H26N4O2. The van der Waals surface area contributed by atoms with Gasteiger partial charge in [0, 0.05) is 36.1 Å². The Balaban J connectivity index is 1.41. The minimum Gasteiger partial charge on any atom is -0.339 e. The number of nitrogens with zero attached hydrogens (tertiary/aromatic N) is 3. The summed E-state index contributed by atoms with van der Waals surface area (Å²) in [5.41, 5.74) is 4.26. The van der Waals surface area contributed by atoms with Gasteiger partial charge in [0.1, 0.15) is 5.69 Å². The van der Waals surface area contributed by atoms with Crippen molar-refractivity contribution in [3.05, 3.63) is 108 Å². The largest absolute Gasteiger partial charge is 0.339 e. The van der Waals surface area contributed by atoms with Crippen molar-refractivity contribution in [2.24, 2.45) is 0 Å². The summed E-state index contributed by atoms with van der Waals surface area (Å²) in [7, 11) is 0. The smallest absolute Gasteiger partial charge is 0.259 e. The highest BCUT2D eigenvalue weighted by atomic mass is 16.2. The fourth-order valence-electron chi connectivity index (χ4n) is 4.28. The average Bonchev–Trinajstić information content (AvgIpc) is 3.56. The minimum atomic E-state index is -0.260. The Bertz CT molecular complexity index is 1290. The second-order valence-corrected chi connectivity index (χ2v) is 8.47. The van der Waals surface area contributed by atoms with Gasteiger partial charge in [-0.25, -0.2) is 0 Å². The van der Waals surface area contributed by atoms with Gasteiger partial charge in [-0.05, 0) is 36.6 Å². The molecule has 0 spiro atoms. The summed E-state index contributed by atoms with van der Waals surface area (Å²) in [6, 6.07) is 26.9. The molecule has 6 nitrogen and oxygen atoms in total. The Hall–Kier alpha value is -4.19. The maximum Gasteiger partial charge on any atom is 0.259 e. The van der Waals surface area contributed by atoms with E-state index < -0.39 is 0 Å². The van der Waals surface area contributed by atoms with Crippen LogP contribution in [0, 0.1) is 0 Å². The molecule has 1 fully saturated rings. The van der Waals surface area contributed by atoms with Crippen LogP contribution in [0.25, 0.3) is 11.3 Å². The predicted octanol–water partition coefficient (Wildman–Crippen LogP) is 5.09. The maximum atomic E-state index is 13.4. The van der Waals surface area contributed by atoms with Gasteiger partial charge in [-0.1, -0.05) is 66.7 Å². The van der Waals surface area contributed by atoms with E-state index in [1.807, 2.05) is 65.6 Å². The molecule has 0 bridgehead atoms. The van der Waals surface area contributed by atoms with Crippen LogP contribution in [0.1, 0.15) is 39.1 Å². The molecule has 3 aromatic carbocycles. The molecule has 1 aliphatic rings. The molecule has 5 rings (SSSR count). The number of hydrogen-bond donors (Lipinski definition) is 1. The molecular weight excluding hydrogens is 424 g/mol. The zero-order chi connectivity index (χ0) is 23.3. The lowest BCUT2D eigenvalue weighted by atomic mass is 10.1. The van der Waals surface area contributed by atoms with Gasteiger partial charge in [0.15, 0.2) is 0 Å². The van der Waals surface area contributed by atoms with E-state index in [-0.39, 0.29) is 11.8 Å². The van der Waals surface area contributed by atoms with E-state index in [1.165, 1.54) is 0 Å². The van der Waals surface area contributed by atoms with Gasteiger partial charge in [-0.2, -0.15) is 5.10 Å². The number of rotatable bonds is 6. The molecule has 2 heterocycles. The lowest BCUT2D eigenvalue weighted by Gasteiger charge is -2.15. The lowest BCUT2D eigenvalue weighted by molar-refractivity contribution is 0.0792. The van der Waals surface area contributed by atoms with E-state index in [4.69, 9.17) is 5.10 Å². The van der Waals surface area contributed by atoms with Crippen LogP contribution >= 0.6 is 0 Å². The van der Waals surface area contributed by atoms with Crippen molar-refractivity contribution in [1.29, 1.82) is 0 Å². The van der Waals surface area contributed by atoms with Crippen LogP contribution in [-0.2, 0) is 6.54 Å². The van der Waals surface area contributed by atoms with Crippen LogP contribution in [0.2, 0.25) is 0 Å². The van der Waals surface area contributed by atoms with Crippen LogP contribution < -0.4 is 5.32 Å². The van der Waals surface area contributed by atoms with Crippen molar-refractivity contribution >= 4 is 17.5 Å². The number of likely N-dealkylation sites (tertiary alicyclic amines) is 1. The van der Waals surface area contributed by atoms with E-state index in [9.17, 15) is 9.59 Å². The number of hydrogen-bond acceptors (Lipinski definition) is 3. The van der Waals surface area contributed by atoms with Crippen LogP contribution in [0.3, 0.4) is 0 Å². The normalized spacial score (nSPS) is 13.1. The van der Waals surface area contributed by atoms with Crippen molar-refractivity contribution in [3.63, 3.8) is 0 Å². The summed E-state index contributed by atoms with van der Waals surface area (Å²) < 4.78 is 1.79. The fraction of sp³-hybridized carbons (Fsp3) is 0.179. The van der Waals surface area contributed by atoms with Crippen molar-refractivity contribution in [1.82, 2.24) is 14.7 Å². The van der Waals surface area contributed by atoms with Crippen molar-refractivity contribution in [2.75, 3.05) is 18.4 Å². The second-order valence-electron chi connectivity index (χ2n) is 8.47. The predicted molar refractivity (Wildman–Crippen MR) is 133 cm³/mol. The summed E-state index contributed by atoms with van der Waals surface area (Å²) in [5, 5.41) is 7.70. The molecule has 1 N–H and O–H groups in total. The van der Waals surface area contributed by atoms with Gasteiger partial charge in [-0.3, -0.25) is 14.3 Å². The third-order valence-electron chi connectivity index (χ3n) is 6.00. The first-order valence-electron chi connectivity index (χ1n) is 11.5. The number of aromatic nitrogens is 2. The van der Waals surface area contributed by atoms with Gasteiger partial charge in [0.2, 0.25) is 0 Å². The third kappa shape index (κ3) is 4.76. The summed E-state index contributed by atoms with van der Waals surface area (Å²) in [4.78, 5) is 28.0. The van der Waals surface area contributed by atoms with Gasteiger partial charge in [-0.15, -0.1) is 0 Å². The number of anilines is 1. The Kier molecular flexibility index (Phi) is 6.21. The molecule has 1 aliphatic heterocycles. The molecule has 0 radical (unpaired) electrons. The first-order chi connectivity index (χ1) is 16.7. The number of carbonyl (C=O) groups excluding carboxylic acids is 2. The van der Waals surface area contributed by atoms with E-state index in [2.05, 4.69) is 5.32 Å². The zero-order valence-corrected chi connectivity index (χ0v) is 18.9. The van der Waals surface area contributed by atoms with E-state index >= 15 is 0 Å². The highest BCUT2D eigenvalue weighted by molar-refractivity contribution is 6.08. The van der Waals surface area contributed by atoms with E-state index in [0.29, 0.717) is 29.1 Å². The summed E-state index contributed by atoms with van der Waals surface area (Å²) in [5.74, 6) is -0.252. The van der Waals surface area contributed by atoms with Crippen LogP contribution in [0.5, 0.6) is 0 Å². The summed E-state index contributed by atoms with van der Waals surface area (Å²) >= 11 is 0. The lowest BCUT2D eigenvalue weighted by Crippen LogP contribution is -2.27. The Labute approximate surface area is 198 Å². The molecule has 0 unspecified atom stereocenters. The van der Waals surface area contributed by atoms with E-state index in [1.54, 1.807) is 35.1 Å². The van der Waals surface area contributed by atoms with Crippen LogP contribution in [0.4, 0.5) is 5.69 Å². The van der Waals surface area contributed by atoms with Crippen LogP contribution in [-0.4, -0.2) is 39.6 Å². The topological polar surface area (TPSA) is 67.2 Å². The van der Waals surface area contributed by atoms with Crippen molar-refractivity contribution < 1.29 is 9.59 Å². The highest BCUT2D eigenvalue weighted by Crippen LogP contribution is 2.24. The first-order valence-corrected chi connectivity index (χ1v) is 11.5. The number of carbonyl (C=O) groups is 2. The average molecular weight is 451 g/mol. The molecule has 34 heavy (non-hydrogen) atoms. The Morgan fingerprint density at radius 2 is 1.56 bits per heavy atom. The zero-order valence-electron chi connectivity index (χ0n) is 18.9. The Morgan fingerprint density at radius 3 is 2.29 bits per heavy atom. The van der Waals surface area contributed by atoms with Gasteiger partial charge in [0.25, 0.3) is 11.8 Å². The number of nitrogens with one attached hydrogen (secondary N) is 1. The Morgan fingerprint density at radius 1 is 0.853 bits per heavy atom. The quantitative estimate of drug-likeness (QED) is 0.445. The molecule has 6 heteroatoms. The molecule has 0 aliphatic carbocycles.